The van der Waals surface area contributed by atoms with Gasteiger partial charge in [0.05, 0.1) is 18.9 Å². The van der Waals surface area contributed by atoms with Crippen LogP contribution in [0.25, 0.3) is 0 Å². The SMILES string of the molecule is O=C(Nc1nccs1)c1cc2c(nn1)CCOC2. The Morgan fingerprint density at radius 2 is 2.39 bits per heavy atom. The Bertz CT molecular complexity index is 570. The minimum Gasteiger partial charge on any atom is -0.376 e. The number of carbonyl (C=O) groups excluding carboxylic acids is 1. The summed E-state index contributed by atoms with van der Waals surface area (Å²) in [4.78, 5) is 15.9. The fraction of sp³-hybridized carbons (Fsp3) is 0.273. The zero-order chi connectivity index (χ0) is 12.4. The topological polar surface area (TPSA) is 77.0 Å². The van der Waals surface area contributed by atoms with Gasteiger partial charge in [-0.05, 0) is 6.07 Å². The van der Waals surface area contributed by atoms with Gasteiger partial charge in [-0.2, -0.15) is 5.10 Å². The molecule has 0 aromatic carbocycles. The van der Waals surface area contributed by atoms with Crippen LogP contribution >= 0.6 is 11.3 Å². The second-order valence-electron chi connectivity index (χ2n) is 3.80. The van der Waals surface area contributed by atoms with Crippen LogP contribution in [0.5, 0.6) is 0 Å². The van der Waals surface area contributed by atoms with E-state index in [4.69, 9.17) is 4.74 Å². The van der Waals surface area contributed by atoms with Crippen molar-refractivity contribution in [2.24, 2.45) is 0 Å². The van der Waals surface area contributed by atoms with Crippen molar-refractivity contribution < 1.29 is 9.53 Å². The van der Waals surface area contributed by atoms with Crippen LogP contribution in [0.3, 0.4) is 0 Å². The molecule has 3 rings (SSSR count). The molecule has 1 aliphatic rings. The van der Waals surface area contributed by atoms with E-state index in [1.807, 2.05) is 0 Å². The molecule has 6 nitrogen and oxygen atoms in total. The Morgan fingerprint density at radius 3 is 3.22 bits per heavy atom. The van der Waals surface area contributed by atoms with E-state index >= 15 is 0 Å². The van der Waals surface area contributed by atoms with Crippen LogP contribution in [0.2, 0.25) is 0 Å². The van der Waals surface area contributed by atoms with Crippen molar-refractivity contribution in [3.63, 3.8) is 0 Å². The molecular formula is C11H10N4O2S. The Labute approximate surface area is 107 Å². The van der Waals surface area contributed by atoms with Gasteiger partial charge in [-0.1, -0.05) is 0 Å². The lowest BCUT2D eigenvalue weighted by molar-refractivity contribution is 0.101. The Kier molecular flexibility index (Phi) is 2.99. The first-order valence-corrected chi connectivity index (χ1v) is 6.35. The van der Waals surface area contributed by atoms with E-state index in [1.165, 1.54) is 11.3 Å². The first-order valence-electron chi connectivity index (χ1n) is 5.47. The number of ether oxygens (including phenoxy) is 1. The number of fused-ring (bicyclic) bond motifs is 1. The molecule has 2 aromatic rings. The second kappa shape index (κ2) is 4.79. The Morgan fingerprint density at radius 1 is 1.44 bits per heavy atom. The highest BCUT2D eigenvalue weighted by atomic mass is 32.1. The molecule has 2 aromatic heterocycles. The zero-order valence-electron chi connectivity index (χ0n) is 9.42. The molecule has 0 saturated carbocycles. The lowest BCUT2D eigenvalue weighted by atomic mass is 10.1. The maximum Gasteiger partial charge on any atom is 0.277 e. The molecule has 0 fully saturated rings. The first kappa shape index (κ1) is 11.2. The fourth-order valence-electron chi connectivity index (χ4n) is 1.70. The van der Waals surface area contributed by atoms with E-state index in [1.54, 1.807) is 17.6 Å². The normalized spacial score (nSPS) is 14.0. The van der Waals surface area contributed by atoms with Gasteiger partial charge in [0.2, 0.25) is 0 Å². The molecule has 92 valence electrons. The number of carbonyl (C=O) groups is 1. The van der Waals surface area contributed by atoms with Gasteiger partial charge in [0.15, 0.2) is 10.8 Å². The molecule has 0 atom stereocenters. The van der Waals surface area contributed by atoms with Gasteiger partial charge in [0.25, 0.3) is 5.91 Å². The van der Waals surface area contributed by atoms with E-state index in [0.717, 1.165) is 17.7 Å². The summed E-state index contributed by atoms with van der Waals surface area (Å²) >= 11 is 1.36. The minimum absolute atomic E-state index is 0.287. The fourth-order valence-corrected chi connectivity index (χ4v) is 2.22. The number of nitrogens with zero attached hydrogens (tertiary/aromatic N) is 3. The van der Waals surface area contributed by atoms with Gasteiger partial charge in [0.1, 0.15) is 0 Å². The van der Waals surface area contributed by atoms with Crippen LogP contribution in [0.15, 0.2) is 17.6 Å². The van der Waals surface area contributed by atoms with Crippen LogP contribution in [-0.2, 0) is 17.8 Å². The summed E-state index contributed by atoms with van der Waals surface area (Å²) in [5.74, 6) is -0.300. The number of thiazole rings is 1. The minimum atomic E-state index is -0.300. The van der Waals surface area contributed by atoms with E-state index in [2.05, 4.69) is 20.5 Å². The number of aromatic nitrogens is 3. The standard InChI is InChI=1S/C11H10N4O2S/c16-10(13-11-12-2-4-18-11)9-5-7-6-17-3-1-8(7)14-15-9/h2,4-5H,1,3,6H2,(H,12,13,16). The molecule has 18 heavy (non-hydrogen) atoms. The number of amides is 1. The van der Waals surface area contributed by atoms with Crippen molar-refractivity contribution in [3.05, 3.63) is 34.6 Å². The summed E-state index contributed by atoms with van der Waals surface area (Å²) in [5.41, 5.74) is 2.13. The van der Waals surface area contributed by atoms with Gasteiger partial charge in [-0.25, -0.2) is 4.98 Å². The van der Waals surface area contributed by atoms with Gasteiger partial charge in [0, 0.05) is 23.6 Å². The summed E-state index contributed by atoms with van der Waals surface area (Å²) in [6.45, 7) is 1.15. The predicted octanol–water partition coefficient (Wildman–Crippen LogP) is 1.26. The van der Waals surface area contributed by atoms with Crippen molar-refractivity contribution >= 4 is 22.4 Å². The molecule has 7 heteroatoms. The summed E-state index contributed by atoms with van der Waals surface area (Å²) in [6, 6.07) is 1.73. The molecule has 1 aliphatic heterocycles. The van der Waals surface area contributed by atoms with Gasteiger partial charge >= 0.3 is 0 Å². The molecule has 0 unspecified atom stereocenters. The molecule has 1 N–H and O–H groups in total. The molecular weight excluding hydrogens is 252 g/mol. The van der Waals surface area contributed by atoms with Crippen molar-refractivity contribution in [2.75, 3.05) is 11.9 Å². The van der Waals surface area contributed by atoms with Crippen LogP contribution in [-0.4, -0.2) is 27.7 Å². The summed E-state index contributed by atoms with van der Waals surface area (Å²) < 4.78 is 5.33. The highest BCUT2D eigenvalue weighted by molar-refractivity contribution is 7.13. The molecule has 1 amide bonds. The monoisotopic (exact) mass is 262 g/mol. The molecule has 0 bridgehead atoms. The molecule has 0 radical (unpaired) electrons. The smallest absolute Gasteiger partial charge is 0.277 e. The number of rotatable bonds is 2. The van der Waals surface area contributed by atoms with E-state index in [-0.39, 0.29) is 11.6 Å². The molecule has 0 saturated heterocycles. The predicted molar refractivity (Wildman–Crippen MR) is 65.5 cm³/mol. The third-order valence-electron chi connectivity index (χ3n) is 2.59. The summed E-state index contributed by atoms with van der Waals surface area (Å²) in [5, 5.41) is 13.0. The maximum absolute atomic E-state index is 11.9. The number of hydrogen-bond acceptors (Lipinski definition) is 6. The molecule has 3 heterocycles. The van der Waals surface area contributed by atoms with Crippen molar-refractivity contribution in [3.8, 4) is 0 Å². The van der Waals surface area contributed by atoms with Gasteiger partial charge < -0.3 is 4.74 Å². The van der Waals surface area contributed by atoms with Gasteiger partial charge in [-0.3, -0.25) is 10.1 Å². The Balaban J connectivity index is 1.81. The van der Waals surface area contributed by atoms with Crippen LogP contribution in [0, 0.1) is 0 Å². The largest absolute Gasteiger partial charge is 0.376 e. The maximum atomic E-state index is 11.9. The lowest BCUT2D eigenvalue weighted by Gasteiger charge is -2.14. The van der Waals surface area contributed by atoms with Crippen molar-refractivity contribution in [2.45, 2.75) is 13.0 Å². The third kappa shape index (κ3) is 2.22. The summed E-state index contributed by atoms with van der Waals surface area (Å²) in [6.07, 6.45) is 2.38. The Hall–Kier alpha value is -1.86. The van der Waals surface area contributed by atoms with Crippen LogP contribution < -0.4 is 5.32 Å². The van der Waals surface area contributed by atoms with Gasteiger partial charge in [-0.15, -0.1) is 16.4 Å². The van der Waals surface area contributed by atoms with Crippen molar-refractivity contribution in [1.29, 1.82) is 0 Å². The van der Waals surface area contributed by atoms with E-state index < -0.39 is 0 Å². The highest BCUT2D eigenvalue weighted by Gasteiger charge is 2.16. The number of nitrogens with one attached hydrogen (secondary N) is 1. The van der Waals surface area contributed by atoms with E-state index in [9.17, 15) is 4.79 Å². The van der Waals surface area contributed by atoms with Crippen molar-refractivity contribution in [1.82, 2.24) is 15.2 Å². The average Bonchev–Trinajstić information content (AvgIpc) is 2.91. The van der Waals surface area contributed by atoms with Crippen LogP contribution in [0.4, 0.5) is 5.13 Å². The van der Waals surface area contributed by atoms with E-state index in [0.29, 0.717) is 18.3 Å². The lowest BCUT2D eigenvalue weighted by Crippen LogP contribution is -2.18. The second-order valence-corrected chi connectivity index (χ2v) is 4.69. The average molecular weight is 262 g/mol. The molecule has 0 spiro atoms. The number of hydrogen-bond donors (Lipinski definition) is 1. The third-order valence-corrected chi connectivity index (χ3v) is 3.27. The first-order chi connectivity index (χ1) is 8.83. The molecule has 0 aliphatic carbocycles. The van der Waals surface area contributed by atoms with Crippen LogP contribution in [0.1, 0.15) is 21.7 Å². The summed E-state index contributed by atoms with van der Waals surface area (Å²) in [7, 11) is 0. The highest BCUT2D eigenvalue weighted by Crippen LogP contribution is 2.16. The quantitative estimate of drug-likeness (QED) is 0.881. The number of anilines is 1. The zero-order valence-corrected chi connectivity index (χ0v) is 10.2.